The van der Waals surface area contributed by atoms with Gasteiger partial charge in [-0.1, -0.05) is 18.2 Å². The number of amides is 2. The van der Waals surface area contributed by atoms with E-state index in [-0.39, 0.29) is 17.9 Å². The Balaban J connectivity index is 2.11. The predicted molar refractivity (Wildman–Crippen MR) is 65.7 cm³/mol. The van der Waals surface area contributed by atoms with Crippen LogP contribution >= 0.6 is 0 Å². The molecule has 1 aromatic carbocycles. The lowest BCUT2D eigenvalue weighted by atomic mass is 10.1. The number of carbonyl (C=O) groups excluding carboxylic acids is 2. The van der Waals surface area contributed by atoms with Crippen molar-refractivity contribution in [3.63, 3.8) is 0 Å². The number of para-hydroxylation sites is 1. The molecule has 17 heavy (non-hydrogen) atoms. The first-order valence-electron chi connectivity index (χ1n) is 5.74. The van der Waals surface area contributed by atoms with E-state index in [9.17, 15) is 9.59 Å². The molecule has 2 amide bonds. The molecule has 0 bridgehead atoms. The summed E-state index contributed by atoms with van der Waals surface area (Å²) >= 11 is 0. The minimum absolute atomic E-state index is 0.0494. The highest BCUT2D eigenvalue weighted by Gasteiger charge is 2.27. The summed E-state index contributed by atoms with van der Waals surface area (Å²) in [5.74, 6) is -0.181. The fourth-order valence-corrected chi connectivity index (χ4v) is 2.03. The molecule has 1 heterocycles. The van der Waals surface area contributed by atoms with Gasteiger partial charge in [-0.15, -0.1) is 0 Å². The zero-order valence-corrected chi connectivity index (χ0v) is 10.0. The van der Waals surface area contributed by atoms with E-state index >= 15 is 0 Å². The number of hydrogen-bond acceptors (Lipinski definition) is 2. The van der Waals surface area contributed by atoms with Crippen molar-refractivity contribution in [2.24, 2.45) is 0 Å². The first-order valence-corrected chi connectivity index (χ1v) is 5.74. The smallest absolute Gasteiger partial charge is 0.246 e. The number of anilines is 1. The average Bonchev–Trinajstić information content (AvgIpc) is 2.70. The van der Waals surface area contributed by atoms with Gasteiger partial charge in [0.2, 0.25) is 11.8 Å². The molecule has 4 heteroatoms. The van der Waals surface area contributed by atoms with E-state index in [1.54, 1.807) is 0 Å². The quantitative estimate of drug-likeness (QED) is 0.812. The predicted octanol–water partition coefficient (Wildman–Crippen LogP) is 1.52. The number of benzene rings is 1. The van der Waals surface area contributed by atoms with Crippen molar-refractivity contribution in [1.29, 1.82) is 0 Å². The molecule has 0 aliphatic carbocycles. The normalized spacial score (nSPS) is 18.9. The van der Waals surface area contributed by atoms with Crippen LogP contribution in [-0.4, -0.2) is 17.9 Å². The summed E-state index contributed by atoms with van der Waals surface area (Å²) in [7, 11) is 0. The molecule has 0 saturated carbocycles. The van der Waals surface area contributed by atoms with Gasteiger partial charge in [0, 0.05) is 12.1 Å². The van der Waals surface area contributed by atoms with E-state index in [0.717, 1.165) is 16.8 Å². The first-order chi connectivity index (χ1) is 8.08. The topological polar surface area (TPSA) is 58.2 Å². The van der Waals surface area contributed by atoms with E-state index < -0.39 is 0 Å². The first kappa shape index (κ1) is 11.6. The van der Waals surface area contributed by atoms with Crippen molar-refractivity contribution in [2.75, 3.05) is 5.32 Å². The van der Waals surface area contributed by atoms with Crippen molar-refractivity contribution in [3.05, 3.63) is 29.3 Å². The van der Waals surface area contributed by atoms with Crippen molar-refractivity contribution in [2.45, 2.75) is 32.7 Å². The lowest BCUT2D eigenvalue weighted by molar-refractivity contribution is -0.122. The highest BCUT2D eigenvalue weighted by atomic mass is 16.2. The summed E-state index contributed by atoms with van der Waals surface area (Å²) in [5, 5.41) is 5.55. The van der Waals surface area contributed by atoms with Gasteiger partial charge in [0.1, 0.15) is 6.04 Å². The van der Waals surface area contributed by atoms with Crippen LogP contribution in [0.25, 0.3) is 0 Å². The van der Waals surface area contributed by atoms with E-state index in [2.05, 4.69) is 10.6 Å². The minimum atomic E-state index is -0.387. The van der Waals surface area contributed by atoms with Crippen LogP contribution in [0.5, 0.6) is 0 Å². The van der Waals surface area contributed by atoms with Crippen LogP contribution in [0.2, 0.25) is 0 Å². The van der Waals surface area contributed by atoms with Gasteiger partial charge < -0.3 is 10.6 Å². The van der Waals surface area contributed by atoms with Crippen molar-refractivity contribution in [3.8, 4) is 0 Å². The molecule has 1 aliphatic rings. The molecular weight excluding hydrogens is 216 g/mol. The van der Waals surface area contributed by atoms with Gasteiger partial charge in [-0.25, -0.2) is 0 Å². The number of hydrogen-bond donors (Lipinski definition) is 2. The summed E-state index contributed by atoms with van der Waals surface area (Å²) in [4.78, 5) is 23.0. The Hall–Kier alpha value is -1.84. The molecule has 90 valence electrons. The monoisotopic (exact) mass is 232 g/mol. The highest BCUT2D eigenvalue weighted by Crippen LogP contribution is 2.20. The zero-order chi connectivity index (χ0) is 12.4. The fraction of sp³-hybridized carbons (Fsp3) is 0.385. The van der Waals surface area contributed by atoms with Gasteiger partial charge in [0.15, 0.2) is 0 Å². The number of nitrogens with one attached hydrogen (secondary N) is 2. The van der Waals surface area contributed by atoms with Crippen molar-refractivity contribution in [1.82, 2.24) is 5.32 Å². The Bertz CT molecular complexity index is 448. The molecule has 0 aromatic heterocycles. The lowest BCUT2D eigenvalue weighted by Crippen LogP contribution is -2.37. The summed E-state index contributed by atoms with van der Waals surface area (Å²) in [6.45, 7) is 3.91. The Labute approximate surface area is 100 Å². The van der Waals surface area contributed by atoms with E-state index in [1.165, 1.54) is 0 Å². The van der Waals surface area contributed by atoms with Crippen LogP contribution in [-0.2, 0) is 9.59 Å². The summed E-state index contributed by atoms with van der Waals surface area (Å²) in [6.07, 6.45) is 1.01. The largest absolute Gasteiger partial charge is 0.344 e. The van der Waals surface area contributed by atoms with Crippen LogP contribution in [0.1, 0.15) is 24.0 Å². The van der Waals surface area contributed by atoms with Crippen molar-refractivity contribution < 1.29 is 9.59 Å². The third-order valence-electron chi connectivity index (χ3n) is 3.04. The van der Waals surface area contributed by atoms with Gasteiger partial charge in [0.05, 0.1) is 0 Å². The number of rotatable bonds is 2. The van der Waals surface area contributed by atoms with Crippen LogP contribution in [0.3, 0.4) is 0 Å². The maximum absolute atomic E-state index is 11.9. The Morgan fingerprint density at radius 3 is 2.53 bits per heavy atom. The van der Waals surface area contributed by atoms with Gasteiger partial charge in [-0.3, -0.25) is 9.59 Å². The fourth-order valence-electron chi connectivity index (χ4n) is 2.03. The SMILES string of the molecule is Cc1cccc(C)c1NC(=O)[C@H]1CCC(=O)N1. The molecular formula is C13H16N2O2. The molecule has 1 atom stereocenters. The number of carbonyl (C=O) groups is 2. The molecule has 0 spiro atoms. The van der Waals surface area contributed by atoms with E-state index in [0.29, 0.717) is 12.8 Å². The molecule has 1 fully saturated rings. The third-order valence-corrected chi connectivity index (χ3v) is 3.04. The molecule has 2 rings (SSSR count). The van der Waals surface area contributed by atoms with E-state index in [1.807, 2.05) is 32.0 Å². The summed E-state index contributed by atoms with van der Waals surface area (Å²) in [5.41, 5.74) is 2.91. The molecule has 1 aliphatic heterocycles. The Morgan fingerprint density at radius 2 is 2.00 bits per heavy atom. The van der Waals surface area contributed by atoms with Crippen molar-refractivity contribution >= 4 is 17.5 Å². The Kier molecular flexibility index (Phi) is 3.13. The summed E-state index contributed by atoms with van der Waals surface area (Å²) < 4.78 is 0. The third kappa shape index (κ3) is 2.46. The van der Waals surface area contributed by atoms with Crippen LogP contribution in [0.15, 0.2) is 18.2 Å². The highest BCUT2D eigenvalue weighted by molar-refractivity contribution is 5.99. The molecule has 1 aromatic rings. The molecule has 0 unspecified atom stereocenters. The van der Waals surface area contributed by atoms with Crippen LogP contribution in [0, 0.1) is 13.8 Å². The maximum atomic E-state index is 11.9. The molecule has 2 N–H and O–H groups in total. The number of aryl methyl sites for hydroxylation is 2. The zero-order valence-electron chi connectivity index (χ0n) is 10.0. The van der Waals surface area contributed by atoms with Gasteiger partial charge in [-0.05, 0) is 31.4 Å². The summed E-state index contributed by atoms with van der Waals surface area (Å²) in [6, 6.07) is 5.48. The second kappa shape index (κ2) is 4.57. The lowest BCUT2D eigenvalue weighted by Gasteiger charge is -2.14. The molecule has 4 nitrogen and oxygen atoms in total. The second-order valence-electron chi connectivity index (χ2n) is 4.41. The second-order valence-corrected chi connectivity index (χ2v) is 4.41. The van der Waals surface area contributed by atoms with Gasteiger partial charge >= 0.3 is 0 Å². The van der Waals surface area contributed by atoms with Crippen LogP contribution in [0.4, 0.5) is 5.69 Å². The molecule has 0 radical (unpaired) electrons. The van der Waals surface area contributed by atoms with Gasteiger partial charge in [-0.2, -0.15) is 0 Å². The maximum Gasteiger partial charge on any atom is 0.246 e. The van der Waals surface area contributed by atoms with Crippen LogP contribution < -0.4 is 10.6 Å². The average molecular weight is 232 g/mol. The minimum Gasteiger partial charge on any atom is -0.344 e. The van der Waals surface area contributed by atoms with Gasteiger partial charge in [0.25, 0.3) is 0 Å². The standard InChI is InChI=1S/C13H16N2O2/c1-8-4-3-5-9(2)12(8)15-13(17)10-6-7-11(16)14-10/h3-5,10H,6-7H2,1-2H3,(H,14,16)(H,15,17)/t10-/m1/s1. The molecule has 1 saturated heterocycles. The van der Waals surface area contributed by atoms with E-state index in [4.69, 9.17) is 0 Å². The Morgan fingerprint density at radius 1 is 1.35 bits per heavy atom.